The summed E-state index contributed by atoms with van der Waals surface area (Å²) in [5.41, 5.74) is 3.02. The second-order valence-electron chi connectivity index (χ2n) is 10.8. The second kappa shape index (κ2) is 11.0. The van der Waals surface area contributed by atoms with E-state index < -0.39 is 0 Å². The van der Waals surface area contributed by atoms with Crippen molar-refractivity contribution in [2.45, 2.75) is 58.0 Å². The van der Waals surface area contributed by atoms with Crippen LogP contribution in [0.1, 0.15) is 49.9 Å². The molecule has 1 N–H and O–H groups in total. The van der Waals surface area contributed by atoms with Crippen LogP contribution in [0.15, 0.2) is 30.6 Å². The Balaban J connectivity index is 1.02. The van der Waals surface area contributed by atoms with Crippen LogP contribution >= 0.6 is 11.6 Å². The molecule has 3 aromatic rings. The van der Waals surface area contributed by atoms with E-state index in [2.05, 4.69) is 35.7 Å². The maximum atomic E-state index is 13.2. The van der Waals surface area contributed by atoms with Crippen LogP contribution in [0.5, 0.6) is 0 Å². The van der Waals surface area contributed by atoms with Crippen LogP contribution in [0.4, 0.5) is 5.82 Å². The molecule has 0 radical (unpaired) electrons. The zero-order chi connectivity index (χ0) is 25.2. The molecule has 1 atom stereocenters. The van der Waals surface area contributed by atoms with Gasteiger partial charge in [0.15, 0.2) is 17.0 Å². The van der Waals surface area contributed by atoms with E-state index in [4.69, 9.17) is 16.6 Å². The smallest absolute Gasteiger partial charge is 0.224 e. The Hall–Kier alpha value is -2.71. The van der Waals surface area contributed by atoms with Crippen molar-refractivity contribution in [3.05, 3.63) is 47.0 Å². The lowest BCUT2D eigenvalue weighted by atomic mass is 9.94. The number of carbonyl (C=O) groups excluding carboxylic acids is 1. The summed E-state index contributed by atoms with van der Waals surface area (Å²) in [6.07, 6.45) is 9.12. The maximum Gasteiger partial charge on any atom is 0.224 e. The first-order chi connectivity index (χ1) is 18.2. The molecule has 8 nitrogen and oxygen atoms in total. The largest absolute Gasteiger partial charge is 0.356 e. The Morgan fingerprint density at radius 2 is 1.89 bits per heavy atom. The van der Waals surface area contributed by atoms with E-state index in [1.165, 1.54) is 18.4 Å². The van der Waals surface area contributed by atoms with E-state index >= 15 is 0 Å². The summed E-state index contributed by atoms with van der Waals surface area (Å²) in [4.78, 5) is 32.0. The number of nitrogens with zero attached hydrogens (tertiary/aromatic N) is 6. The van der Waals surface area contributed by atoms with Gasteiger partial charge in [-0.1, -0.05) is 29.8 Å². The third kappa shape index (κ3) is 5.32. The number of anilines is 1. The minimum absolute atomic E-state index is 0.0173. The molecule has 3 aliphatic heterocycles. The number of aryl methyl sites for hydroxylation is 2. The number of nitrogens with one attached hydrogen (secondary N) is 1. The number of hydrogen-bond donors (Lipinski definition) is 1. The van der Waals surface area contributed by atoms with Gasteiger partial charge in [0.25, 0.3) is 0 Å². The third-order valence-electron chi connectivity index (χ3n) is 8.34. The van der Waals surface area contributed by atoms with Crippen molar-refractivity contribution < 1.29 is 4.79 Å². The number of amides is 1. The molecule has 1 amide bonds. The van der Waals surface area contributed by atoms with Gasteiger partial charge in [-0.15, -0.1) is 0 Å². The molecule has 196 valence electrons. The Morgan fingerprint density at radius 3 is 2.76 bits per heavy atom. The molecule has 0 spiro atoms. The summed E-state index contributed by atoms with van der Waals surface area (Å²) >= 11 is 6.34. The van der Waals surface area contributed by atoms with Gasteiger partial charge in [-0.3, -0.25) is 9.69 Å². The second-order valence-corrected chi connectivity index (χ2v) is 11.3. The molecule has 5 heterocycles. The number of rotatable bonds is 6. The molecule has 0 aliphatic carbocycles. The van der Waals surface area contributed by atoms with Crippen molar-refractivity contribution in [1.82, 2.24) is 29.7 Å². The number of hydrogen-bond acceptors (Lipinski definition) is 6. The monoisotopic (exact) mass is 521 g/mol. The van der Waals surface area contributed by atoms with Crippen LogP contribution in [0.2, 0.25) is 5.02 Å². The number of piperidine rings is 2. The zero-order valence-electron chi connectivity index (χ0n) is 21.4. The zero-order valence-corrected chi connectivity index (χ0v) is 22.2. The summed E-state index contributed by atoms with van der Waals surface area (Å²) in [5, 5.41) is 4.13. The molecule has 37 heavy (non-hydrogen) atoms. The fraction of sp³-hybridized carbons (Fsp3) is 0.571. The van der Waals surface area contributed by atoms with Gasteiger partial charge in [0, 0.05) is 44.2 Å². The Bertz CT molecular complexity index is 1250. The van der Waals surface area contributed by atoms with E-state index in [9.17, 15) is 4.79 Å². The highest BCUT2D eigenvalue weighted by molar-refractivity contribution is 6.31. The van der Waals surface area contributed by atoms with Gasteiger partial charge in [-0.05, 0) is 69.2 Å². The molecule has 3 aliphatic rings. The molecular formula is C28H36ClN7O. The van der Waals surface area contributed by atoms with Gasteiger partial charge in [0.1, 0.15) is 12.2 Å². The predicted molar refractivity (Wildman–Crippen MR) is 146 cm³/mol. The minimum atomic E-state index is -0.0173. The van der Waals surface area contributed by atoms with Crippen molar-refractivity contribution >= 4 is 34.5 Å². The Kier molecular flexibility index (Phi) is 7.29. The number of aromatic nitrogens is 4. The molecule has 9 heteroatoms. The van der Waals surface area contributed by atoms with Crippen LogP contribution in [0, 0.1) is 11.8 Å². The van der Waals surface area contributed by atoms with Crippen molar-refractivity contribution in [2.24, 2.45) is 11.8 Å². The first-order valence-electron chi connectivity index (χ1n) is 13.8. The number of benzene rings is 1. The summed E-state index contributed by atoms with van der Waals surface area (Å²) < 4.78 is 2.25. The first kappa shape index (κ1) is 24.6. The summed E-state index contributed by atoms with van der Waals surface area (Å²) in [5.74, 6) is 2.70. The molecule has 2 fully saturated rings. The Morgan fingerprint density at radius 1 is 1.03 bits per heavy atom. The highest BCUT2D eigenvalue weighted by Gasteiger charge is 2.30. The lowest BCUT2D eigenvalue weighted by Gasteiger charge is -2.34. The topological polar surface area (TPSA) is 79.2 Å². The van der Waals surface area contributed by atoms with E-state index in [-0.39, 0.29) is 11.8 Å². The SMILES string of the molecule is O=C(NCC1CCN(Cc2ccccc2Cl)CC1)C1CCCN(c2ncnc3c2nc2n3CCCC2)C1. The quantitative estimate of drug-likeness (QED) is 0.527. The van der Waals surface area contributed by atoms with Gasteiger partial charge in [0.05, 0.1) is 5.92 Å². The number of imidazole rings is 1. The molecule has 1 aromatic carbocycles. The normalized spacial score (nSPS) is 21.2. The maximum absolute atomic E-state index is 13.2. The first-order valence-corrected chi connectivity index (χ1v) is 14.2. The number of fused-ring (bicyclic) bond motifs is 3. The highest BCUT2D eigenvalue weighted by atomic mass is 35.5. The summed E-state index contributed by atoms with van der Waals surface area (Å²) in [6.45, 7) is 6.32. The van der Waals surface area contributed by atoms with Crippen molar-refractivity contribution in [3.63, 3.8) is 0 Å². The van der Waals surface area contributed by atoms with Crippen LogP contribution < -0.4 is 10.2 Å². The molecule has 2 saturated heterocycles. The number of halogens is 1. The van der Waals surface area contributed by atoms with E-state index in [0.717, 1.165) is 99.2 Å². The van der Waals surface area contributed by atoms with Crippen molar-refractivity contribution in [1.29, 1.82) is 0 Å². The number of carbonyl (C=O) groups is 1. The van der Waals surface area contributed by atoms with Gasteiger partial charge in [0.2, 0.25) is 5.91 Å². The standard InChI is InChI=1S/C28H36ClN7O/c29-23-8-2-1-6-21(23)17-34-14-10-20(11-15-34)16-30-28(37)22-7-5-12-35(18-22)26-25-27(32-19-31-26)36-13-4-3-9-24(36)33-25/h1-2,6,8,19-20,22H,3-5,7,9-18H2,(H,30,37). The fourth-order valence-corrected chi connectivity index (χ4v) is 6.36. The summed E-state index contributed by atoms with van der Waals surface area (Å²) in [7, 11) is 0. The van der Waals surface area contributed by atoms with Crippen molar-refractivity contribution in [3.8, 4) is 0 Å². The van der Waals surface area contributed by atoms with Gasteiger partial charge >= 0.3 is 0 Å². The Labute approximate surface area is 223 Å². The van der Waals surface area contributed by atoms with E-state index in [1.54, 1.807) is 6.33 Å². The van der Waals surface area contributed by atoms with Crippen LogP contribution in [0.25, 0.3) is 11.2 Å². The van der Waals surface area contributed by atoms with Gasteiger partial charge in [-0.2, -0.15) is 0 Å². The van der Waals surface area contributed by atoms with E-state index in [1.807, 2.05) is 18.2 Å². The summed E-state index contributed by atoms with van der Waals surface area (Å²) in [6, 6.07) is 8.09. The van der Waals surface area contributed by atoms with Crippen LogP contribution in [-0.4, -0.2) is 63.0 Å². The van der Waals surface area contributed by atoms with Crippen molar-refractivity contribution in [2.75, 3.05) is 37.6 Å². The molecule has 0 saturated carbocycles. The molecule has 1 unspecified atom stereocenters. The fourth-order valence-electron chi connectivity index (χ4n) is 6.17. The molecule has 6 rings (SSSR count). The van der Waals surface area contributed by atoms with Crippen LogP contribution in [0.3, 0.4) is 0 Å². The molecular weight excluding hydrogens is 486 g/mol. The highest BCUT2D eigenvalue weighted by Crippen LogP contribution is 2.30. The third-order valence-corrected chi connectivity index (χ3v) is 8.71. The minimum Gasteiger partial charge on any atom is -0.356 e. The lowest BCUT2D eigenvalue weighted by molar-refractivity contribution is -0.125. The molecule has 2 aromatic heterocycles. The van der Waals surface area contributed by atoms with E-state index in [0.29, 0.717) is 12.5 Å². The average Bonchev–Trinajstić information content (AvgIpc) is 3.33. The van der Waals surface area contributed by atoms with Gasteiger partial charge < -0.3 is 14.8 Å². The van der Waals surface area contributed by atoms with Gasteiger partial charge in [-0.25, -0.2) is 15.0 Å². The predicted octanol–water partition coefficient (Wildman–Crippen LogP) is 4.06. The van der Waals surface area contributed by atoms with Crippen LogP contribution in [-0.2, 0) is 24.3 Å². The lowest BCUT2D eigenvalue weighted by Crippen LogP contribution is -2.45. The molecule has 0 bridgehead atoms. The number of likely N-dealkylation sites (tertiary alicyclic amines) is 1. The average molecular weight is 522 g/mol.